The molecule has 11 heteroatoms. The number of hydrogen-bond acceptors (Lipinski definition) is 9. The topological polar surface area (TPSA) is 102 Å². The lowest BCUT2D eigenvalue weighted by molar-refractivity contribution is -0.128. The molecule has 0 N–H and O–H groups in total. The Morgan fingerprint density at radius 1 is 1.07 bits per heavy atom. The number of halogens is 1. The van der Waals surface area contributed by atoms with E-state index in [0.717, 1.165) is 85.6 Å². The molecule has 4 aliphatic rings. The molecule has 6 rings (SSSR count). The first-order valence-electron chi connectivity index (χ1n) is 15.2. The van der Waals surface area contributed by atoms with Crippen molar-refractivity contribution in [3.8, 4) is 12.1 Å². The maximum absolute atomic E-state index is 14.6. The number of nitriles is 1. The fourth-order valence-electron chi connectivity index (χ4n) is 6.95. The van der Waals surface area contributed by atoms with Crippen LogP contribution in [-0.2, 0) is 30.6 Å². The van der Waals surface area contributed by atoms with E-state index in [9.17, 15) is 14.4 Å². The van der Waals surface area contributed by atoms with Gasteiger partial charge in [-0.2, -0.15) is 15.2 Å². The van der Waals surface area contributed by atoms with Gasteiger partial charge in [-0.25, -0.2) is 9.37 Å². The third-order valence-corrected chi connectivity index (χ3v) is 9.29. The molecule has 0 saturated carbocycles. The molecule has 222 valence electrons. The van der Waals surface area contributed by atoms with Crippen LogP contribution in [0.5, 0.6) is 6.01 Å². The SMILES string of the molecule is C=CC(=O)N1CCN(c2nc(OC[C@@H]3CCCN3C)nc3c2CCN(c2ncc(F)c4c2CCCC4)C3)C[C@@H]1CC#N. The molecule has 3 aliphatic heterocycles. The summed E-state index contributed by atoms with van der Waals surface area (Å²) in [4.78, 5) is 35.4. The van der Waals surface area contributed by atoms with Gasteiger partial charge in [0.2, 0.25) is 5.91 Å². The van der Waals surface area contributed by atoms with Gasteiger partial charge in [-0.15, -0.1) is 0 Å². The van der Waals surface area contributed by atoms with Crippen LogP contribution in [0.4, 0.5) is 16.0 Å². The minimum Gasteiger partial charge on any atom is -0.462 e. The molecule has 0 unspecified atom stereocenters. The molecule has 2 fully saturated rings. The maximum Gasteiger partial charge on any atom is 0.318 e. The van der Waals surface area contributed by atoms with Crippen molar-refractivity contribution in [1.29, 1.82) is 5.26 Å². The van der Waals surface area contributed by atoms with Gasteiger partial charge in [0.25, 0.3) is 0 Å². The number of likely N-dealkylation sites (tertiary alicyclic amines) is 1. The van der Waals surface area contributed by atoms with Crippen molar-refractivity contribution in [1.82, 2.24) is 24.8 Å². The predicted molar refractivity (Wildman–Crippen MR) is 157 cm³/mol. The van der Waals surface area contributed by atoms with Gasteiger partial charge in [-0.3, -0.25) is 4.79 Å². The molecule has 2 aromatic rings. The molecule has 0 bridgehead atoms. The molecule has 10 nitrogen and oxygen atoms in total. The van der Waals surface area contributed by atoms with E-state index < -0.39 is 0 Å². The van der Waals surface area contributed by atoms with Crippen LogP contribution in [0.3, 0.4) is 0 Å². The first kappa shape index (κ1) is 28.3. The van der Waals surface area contributed by atoms with E-state index in [1.807, 2.05) is 0 Å². The molecular weight excluding hydrogens is 535 g/mol. The summed E-state index contributed by atoms with van der Waals surface area (Å²) in [6, 6.07) is 2.66. The van der Waals surface area contributed by atoms with Gasteiger partial charge >= 0.3 is 6.01 Å². The Hall–Kier alpha value is -3.78. The number of ether oxygens (including phenoxy) is 1. The van der Waals surface area contributed by atoms with Crippen molar-refractivity contribution in [2.75, 3.05) is 56.2 Å². The van der Waals surface area contributed by atoms with Crippen LogP contribution in [0.25, 0.3) is 0 Å². The Morgan fingerprint density at radius 3 is 2.67 bits per heavy atom. The van der Waals surface area contributed by atoms with E-state index in [4.69, 9.17) is 14.7 Å². The second-order valence-corrected chi connectivity index (χ2v) is 11.8. The molecule has 0 aromatic carbocycles. The number of nitrogens with zero attached hydrogens (tertiary/aromatic N) is 8. The molecule has 2 saturated heterocycles. The van der Waals surface area contributed by atoms with E-state index >= 15 is 0 Å². The summed E-state index contributed by atoms with van der Waals surface area (Å²) < 4.78 is 20.9. The zero-order chi connectivity index (χ0) is 29.2. The second kappa shape index (κ2) is 12.2. The van der Waals surface area contributed by atoms with Crippen LogP contribution < -0.4 is 14.5 Å². The number of pyridine rings is 1. The molecule has 2 aromatic heterocycles. The van der Waals surface area contributed by atoms with Crippen LogP contribution in [0, 0.1) is 17.1 Å². The third-order valence-electron chi connectivity index (χ3n) is 9.29. The first-order chi connectivity index (χ1) is 20.5. The maximum atomic E-state index is 14.6. The number of amides is 1. The number of anilines is 2. The zero-order valence-electron chi connectivity index (χ0n) is 24.4. The molecule has 1 amide bonds. The average Bonchev–Trinajstić information content (AvgIpc) is 3.43. The lowest BCUT2D eigenvalue weighted by atomic mass is 9.91. The Morgan fingerprint density at radius 2 is 1.90 bits per heavy atom. The number of fused-ring (bicyclic) bond motifs is 2. The molecule has 0 spiro atoms. The second-order valence-electron chi connectivity index (χ2n) is 11.8. The monoisotopic (exact) mass is 574 g/mol. The lowest BCUT2D eigenvalue weighted by Gasteiger charge is -2.42. The molecular formula is C31H39FN8O2. The van der Waals surface area contributed by atoms with E-state index in [-0.39, 0.29) is 24.2 Å². The largest absolute Gasteiger partial charge is 0.462 e. The highest BCUT2D eigenvalue weighted by molar-refractivity contribution is 5.87. The van der Waals surface area contributed by atoms with Crippen LogP contribution in [0.15, 0.2) is 18.9 Å². The van der Waals surface area contributed by atoms with E-state index in [1.165, 1.54) is 12.3 Å². The van der Waals surface area contributed by atoms with E-state index in [0.29, 0.717) is 51.3 Å². The fourth-order valence-corrected chi connectivity index (χ4v) is 6.95. The Bertz CT molecular complexity index is 1390. The molecule has 1 aliphatic carbocycles. The van der Waals surface area contributed by atoms with Crippen LogP contribution in [-0.4, -0.2) is 89.1 Å². The fraction of sp³-hybridized carbons (Fsp3) is 0.581. The van der Waals surface area contributed by atoms with Crippen molar-refractivity contribution in [2.45, 2.75) is 70.0 Å². The van der Waals surface area contributed by atoms with Crippen molar-refractivity contribution < 1.29 is 13.9 Å². The van der Waals surface area contributed by atoms with Crippen LogP contribution in [0.2, 0.25) is 0 Å². The van der Waals surface area contributed by atoms with E-state index in [1.54, 1.807) is 4.90 Å². The Balaban J connectivity index is 1.32. The number of hydrogen-bond donors (Lipinski definition) is 0. The number of carbonyl (C=O) groups is 1. The summed E-state index contributed by atoms with van der Waals surface area (Å²) in [5.74, 6) is 1.31. The highest BCUT2D eigenvalue weighted by Gasteiger charge is 2.34. The highest BCUT2D eigenvalue weighted by Crippen LogP contribution is 2.36. The van der Waals surface area contributed by atoms with Gasteiger partial charge in [-0.05, 0) is 70.2 Å². The number of likely N-dealkylation sites (N-methyl/N-ethyl adjacent to an activating group) is 1. The normalized spacial score (nSPS) is 22.4. The standard InChI is InChI=1S/C31H39FN8O2/c1-3-28(41)40-16-15-39(18-21(40)10-12-33)30-25-11-14-38(29-24-9-5-4-8-23(24)26(32)17-34-29)19-27(25)35-31(36-30)42-20-22-7-6-13-37(22)2/h3,17,21-22H,1,4-11,13-16,18-20H2,2H3/t21-,22-/m0/s1. The molecule has 0 radical (unpaired) electrons. The number of aromatic nitrogens is 3. The minimum absolute atomic E-state index is 0.157. The average molecular weight is 575 g/mol. The lowest BCUT2D eigenvalue weighted by Crippen LogP contribution is -2.55. The van der Waals surface area contributed by atoms with Gasteiger partial charge < -0.3 is 24.3 Å². The van der Waals surface area contributed by atoms with Crippen molar-refractivity contribution in [2.24, 2.45) is 0 Å². The quantitative estimate of drug-likeness (QED) is 0.462. The van der Waals surface area contributed by atoms with Gasteiger partial charge in [0.15, 0.2) is 0 Å². The summed E-state index contributed by atoms with van der Waals surface area (Å²) in [5.41, 5.74) is 3.78. The van der Waals surface area contributed by atoms with Gasteiger partial charge in [-0.1, -0.05) is 6.58 Å². The summed E-state index contributed by atoms with van der Waals surface area (Å²) in [6.07, 6.45) is 9.49. The summed E-state index contributed by atoms with van der Waals surface area (Å²) in [7, 11) is 2.12. The van der Waals surface area contributed by atoms with Gasteiger partial charge in [0.1, 0.15) is 24.1 Å². The summed E-state index contributed by atoms with van der Waals surface area (Å²) in [6.45, 7) is 8.04. The Labute approximate surface area is 246 Å². The van der Waals surface area contributed by atoms with E-state index in [2.05, 4.69) is 39.4 Å². The first-order valence-corrected chi connectivity index (χ1v) is 15.2. The molecule has 2 atom stereocenters. The molecule has 5 heterocycles. The minimum atomic E-state index is -0.258. The number of piperazine rings is 1. The number of carbonyl (C=O) groups excluding carboxylic acids is 1. The Kier molecular flexibility index (Phi) is 8.24. The summed E-state index contributed by atoms with van der Waals surface area (Å²) >= 11 is 0. The van der Waals surface area contributed by atoms with Crippen molar-refractivity contribution in [3.63, 3.8) is 0 Å². The zero-order valence-corrected chi connectivity index (χ0v) is 24.4. The van der Waals surface area contributed by atoms with Gasteiger partial charge in [0.05, 0.1) is 37.0 Å². The smallest absolute Gasteiger partial charge is 0.318 e. The molecule has 42 heavy (non-hydrogen) atoms. The van der Waals surface area contributed by atoms with Crippen molar-refractivity contribution >= 4 is 17.5 Å². The van der Waals surface area contributed by atoms with Gasteiger partial charge in [0, 0.05) is 43.3 Å². The van der Waals surface area contributed by atoms with Crippen molar-refractivity contribution in [3.05, 3.63) is 47.1 Å². The predicted octanol–water partition coefficient (Wildman–Crippen LogP) is 3.04. The highest BCUT2D eigenvalue weighted by atomic mass is 19.1. The third kappa shape index (κ3) is 5.52. The van der Waals surface area contributed by atoms with Crippen LogP contribution >= 0.6 is 0 Å². The summed E-state index contributed by atoms with van der Waals surface area (Å²) in [5, 5.41) is 9.50. The van der Waals surface area contributed by atoms with Crippen LogP contribution in [0.1, 0.15) is 54.5 Å². The number of rotatable bonds is 7.